The molecule has 1 saturated carbocycles. The Kier molecular flexibility index (Phi) is 5.99. The lowest BCUT2D eigenvalue weighted by Crippen LogP contribution is -2.13. The maximum absolute atomic E-state index is 14.1. The van der Waals surface area contributed by atoms with Gasteiger partial charge in [0.2, 0.25) is 0 Å². The van der Waals surface area contributed by atoms with E-state index in [9.17, 15) is 31.1 Å². The third-order valence-electron chi connectivity index (χ3n) is 4.91. The quantitative estimate of drug-likeness (QED) is 0.355. The first-order valence-corrected chi connectivity index (χ1v) is 8.44. The van der Waals surface area contributed by atoms with Gasteiger partial charge in [-0.15, -0.1) is 0 Å². The summed E-state index contributed by atoms with van der Waals surface area (Å²) in [6, 6.07) is 0. The fourth-order valence-electron chi connectivity index (χ4n) is 3.06. The van der Waals surface area contributed by atoms with Crippen molar-refractivity contribution in [3.8, 4) is 5.75 Å². The van der Waals surface area contributed by atoms with E-state index in [1.54, 1.807) is 0 Å². The van der Waals surface area contributed by atoms with E-state index >= 15 is 0 Å². The third kappa shape index (κ3) is 3.94. The number of methoxy groups -OCH3 is 1. The molecule has 1 aliphatic carbocycles. The molecule has 2 rings (SSSR count). The van der Waals surface area contributed by atoms with Crippen molar-refractivity contribution in [3.63, 3.8) is 0 Å². The van der Waals surface area contributed by atoms with Crippen LogP contribution in [-0.4, -0.2) is 19.3 Å². The van der Waals surface area contributed by atoms with E-state index in [1.165, 1.54) is 13.8 Å². The molecule has 0 saturated heterocycles. The summed E-state index contributed by atoms with van der Waals surface area (Å²) in [4.78, 5) is 12.3. The number of allylic oxidation sites excluding steroid dienone is 2. The summed E-state index contributed by atoms with van der Waals surface area (Å²) >= 11 is 5.21. The van der Waals surface area contributed by atoms with Crippen LogP contribution in [-0.2, 0) is 16.1 Å². The van der Waals surface area contributed by atoms with Gasteiger partial charge in [-0.25, -0.2) is 13.2 Å². The van der Waals surface area contributed by atoms with Crippen molar-refractivity contribution in [2.24, 2.45) is 17.3 Å². The third-order valence-corrected chi connectivity index (χ3v) is 5.25. The van der Waals surface area contributed by atoms with Gasteiger partial charge in [0.1, 0.15) is 11.6 Å². The predicted molar refractivity (Wildman–Crippen MR) is 88.2 cm³/mol. The molecule has 0 aliphatic heterocycles. The number of benzene rings is 1. The second-order valence-corrected chi connectivity index (χ2v) is 7.43. The maximum Gasteiger partial charge on any atom is 0.426 e. The summed E-state index contributed by atoms with van der Waals surface area (Å²) in [6.45, 7) is 3.23. The van der Waals surface area contributed by atoms with Crippen LogP contribution in [0.2, 0.25) is 0 Å². The standard InChI is InChI=1S/C18H17ClF6O3/c1-7-12(20)14(22)8(15(27-4)13(7)21)6-28-16(26)11-9(17(11,2)3)5-10(19)18(23,24)25/h5,9,11H,6H2,1-4H3/b10-5-/t9-,11-/m1/s1. The number of halogens is 7. The van der Waals surface area contributed by atoms with Crippen molar-refractivity contribution in [3.05, 3.63) is 39.7 Å². The zero-order chi connectivity index (χ0) is 21.6. The van der Waals surface area contributed by atoms with E-state index in [-0.39, 0.29) is 0 Å². The number of hydrogen-bond donors (Lipinski definition) is 0. The van der Waals surface area contributed by atoms with E-state index in [2.05, 4.69) is 0 Å². The molecule has 3 nitrogen and oxygen atoms in total. The Morgan fingerprint density at radius 1 is 1.18 bits per heavy atom. The van der Waals surface area contributed by atoms with Crippen molar-refractivity contribution >= 4 is 17.6 Å². The normalized spacial score (nSPS) is 21.5. The van der Waals surface area contributed by atoms with Crippen molar-refractivity contribution in [1.82, 2.24) is 0 Å². The van der Waals surface area contributed by atoms with E-state index in [0.29, 0.717) is 0 Å². The van der Waals surface area contributed by atoms with E-state index in [0.717, 1.165) is 20.1 Å². The highest BCUT2D eigenvalue weighted by atomic mass is 35.5. The monoisotopic (exact) mass is 430 g/mol. The minimum absolute atomic E-state index is 0.597. The zero-order valence-electron chi connectivity index (χ0n) is 15.3. The predicted octanol–water partition coefficient (Wildman–Crippen LogP) is 5.42. The molecule has 0 spiro atoms. The molecule has 2 atom stereocenters. The second-order valence-electron chi connectivity index (χ2n) is 7.02. The van der Waals surface area contributed by atoms with Crippen LogP contribution in [0.15, 0.2) is 11.1 Å². The van der Waals surface area contributed by atoms with Gasteiger partial charge in [-0.05, 0) is 18.3 Å². The van der Waals surface area contributed by atoms with Gasteiger partial charge in [-0.1, -0.05) is 31.5 Å². The van der Waals surface area contributed by atoms with E-state index in [4.69, 9.17) is 21.1 Å². The molecule has 156 valence electrons. The van der Waals surface area contributed by atoms with Crippen LogP contribution in [0.3, 0.4) is 0 Å². The van der Waals surface area contributed by atoms with Gasteiger partial charge in [-0.2, -0.15) is 13.2 Å². The molecule has 0 aromatic heterocycles. The van der Waals surface area contributed by atoms with Gasteiger partial charge in [0.15, 0.2) is 23.2 Å². The number of hydrogen-bond acceptors (Lipinski definition) is 3. The smallest absolute Gasteiger partial charge is 0.426 e. The highest BCUT2D eigenvalue weighted by Crippen LogP contribution is 2.60. The topological polar surface area (TPSA) is 35.5 Å². The highest BCUT2D eigenvalue weighted by molar-refractivity contribution is 6.30. The largest absolute Gasteiger partial charge is 0.493 e. The molecule has 0 radical (unpaired) electrons. The number of carbonyl (C=O) groups is 1. The van der Waals surface area contributed by atoms with Crippen LogP contribution in [0.1, 0.15) is 25.0 Å². The second kappa shape index (κ2) is 7.50. The number of rotatable bonds is 5. The summed E-state index contributed by atoms with van der Waals surface area (Å²) in [6.07, 6.45) is -4.03. The lowest BCUT2D eigenvalue weighted by atomic mass is 10.1. The number of ether oxygens (including phenoxy) is 2. The van der Waals surface area contributed by atoms with Crippen molar-refractivity contribution in [1.29, 1.82) is 0 Å². The molecular formula is C18H17ClF6O3. The number of carbonyl (C=O) groups excluding carboxylic acids is 1. The van der Waals surface area contributed by atoms with Crippen LogP contribution in [0.5, 0.6) is 5.75 Å². The molecule has 0 unspecified atom stereocenters. The molecule has 0 N–H and O–H groups in total. The molecule has 0 heterocycles. The summed E-state index contributed by atoms with van der Waals surface area (Å²) in [5.41, 5.74) is -2.12. The van der Waals surface area contributed by atoms with Gasteiger partial charge in [0, 0.05) is 5.56 Å². The van der Waals surface area contributed by atoms with Gasteiger partial charge in [0.05, 0.1) is 18.6 Å². The fourth-order valence-corrected chi connectivity index (χ4v) is 3.20. The molecule has 28 heavy (non-hydrogen) atoms. The first-order valence-electron chi connectivity index (χ1n) is 8.06. The van der Waals surface area contributed by atoms with Gasteiger partial charge in [0.25, 0.3) is 0 Å². The average Bonchev–Trinajstić information content (AvgIpc) is 3.14. The van der Waals surface area contributed by atoms with Gasteiger partial charge in [-0.3, -0.25) is 4.79 Å². The Hall–Kier alpha value is -1.90. The molecule has 0 bridgehead atoms. The summed E-state index contributed by atoms with van der Waals surface area (Å²) in [5.74, 6) is -7.41. The minimum atomic E-state index is -4.75. The molecule has 10 heteroatoms. The van der Waals surface area contributed by atoms with E-state index in [1.807, 2.05) is 0 Å². The van der Waals surface area contributed by atoms with Gasteiger partial charge >= 0.3 is 12.1 Å². The lowest BCUT2D eigenvalue weighted by Gasteiger charge is -2.14. The SMILES string of the molecule is COc1c(F)c(C)c(F)c(F)c1COC(=O)[C@H]1[C@@H](/C=C(\Cl)C(F)(F)F)C1(C)C. The van der Waals surface area contributed by atoms with Gasteiger partial charge < -0.3 is 9.47 Å². The first-order chi connectivity index (χ1) is 12.7. The summed E-state index contributed by atoms with van der Waals surface area (Å²) in [5, 5.41) is -1.36. The molecular weight excluding hydrogens is 414 g/mol. The van der Waals surface area contributed by atoms with Crippen molar-refractivity contribution in [2.75, 3.05) is 7.11 Å². The molecule has 1 fully saturated rings. The molecule has 1 aromatic rings. The Morgan fingerprint density at radius 3 is 2.25 bits per heavy atom. The summed E-state index contributed by atoms with van der Waals surface area (Å²) < 4.78 is 89.3. The van der Waals surface area contributed by atoms with Crippen LogP contribution < -0.4 is 4.74 Å². The Bertz CT molecular complexity index is 832. The fraction of sp³-hybridized carbons (Fsp3) is 0.500. The Balaban J connectivity index is 2.20. The van der Waals surface area contributed by atoms with E-state index < -0.39 is 75.4 Å². The highest BCUT2D eigenvalue weighted by Gasteiger charge is 2.62. The summed E-state index contributed by atoms with van der Waals surface area (Å²) in [7, 11) is 1.03. The van der Waals surface area contributed by atoms with Crippen LogP contribution >= 0.6 is 11.6 Å². The molecule has 0 amide bonds. The maximum atomic E-state index is 14.1. The number of esters is 1. The lowest BCUT2D eigenvalue weighted by molar-refractivity contribution is -0.147. The Labute approximate surface area is 162 Å². The first kappa shape index (κ1) is 22.4. The van der Waals surface area contributed by atoms with Crippen LogP contribution in [0, 0.1) is 41.6 Å². The average molecular weight is 431 g/mol. The number of alkyl halides is 3. The minimum Gasteiger partial charge on any atom is -0.493 e. The van der Waals surface area contributed by atoms with Crippen LogP contribution in [0.25, 0.3) is 0 Å². The molecule has 1 aromatic carbocycles. The molecule has 1 aliphatic rings. The van der Waals surface area contributed by atoms with Crippen LogP contribution in [0.4, 0.5) is 26.3 Å². The Morgan fingerprint density at radius 2 is 1.75 bits per heavy atom. The van der Waals surface area contributed by atoms with Crippen molar-refractivity contribution < 1.29 is 40.6 Å². The van der Waals surface area contributed by atoms with Crippen molar-refractivity contribution in [2.45, 2.75) is 33.6 Å². The zero-order valence-corrected chi connectivity index (χ0v) is 16.1.